The number of carbonyl (C=O) groups excluding carboxylic acids is 1. The molecule has 0 spiro atoms. The van der Waals surface area contributed by atoms with Gasteiger partial charge in [-0.1, -0.05) is 26.0 Å². The average Bonchev–Trinajstić information content (AvgIpc) is 2.38. The van der Waals surface area contributed by atoms with E-state index in [0.717, 1.165) is 26.2 Å². The maximum Gasteiger partial charge on any atom is 0.222 e. The quantitative estimate of drug-likeness (QED) is 0.834. The van der Waals surface area contributed by atoms with Crippen LogP contribution in [0.3, 0.4) is 0 Å². The zero-order chi connectivity index (χ0) is 13.8. The number of anilines is 1. The van der Waals surface area contributed by atoms with Gasteiger partial charge in [-0.25, -0.2) is 0 Å². The lowest BCUT2D eigenvalue weighted by molar-refractivity contribution is -0.132. The second-order valence-electron chi connectivity index (χ2n) is 5.80. The third-order valence-electron chi connectivity index (χ3n) is 3.58. The number of aryl methyl sites for hydroxylation is 1. The summed E-state index contributed by atoms with van der Waals surface area (Å²) < 4.78 is 0. The van der Waals surface area contributed by atoms with Crippen molar-refractivity contribution in [2.24, 2.45) is 5.92 Å². The molecule has 1 aliphatic heterocycles. The molecule has 3 heteroatoms. The molecular weight excluding hydrogens is 236 g/mol. The van der Waals surface area contributed by atoms with Gasteiger partial charge in [-0.2, -0.15) is 0 Å². The van der Waals surface area contributed by atoms with Gasteiger partial charge in [-0.3, -0.25) is 4.79 Å². The number of hydrogen-bond acceptors (Lipinski definition) is 2. The molecule has 0 atom stereocenters. The van der Waals surface area contributed by atoms with Gasteiger partial charge in [0.1, 0.15) is 0 Å². The highest BCUT2D eigenvalue weighted by molar-refractivity contribution is 5.76. The maximum atomic E-state index is 12.0. The molecule has 2 rings (SSSR count). The summed E-state index contributed by atoms with van der Waals surface area (Å²) in [6.07, 6.45) is 0.671. The first-order valence-corrected chi connectivity index (χ1v) is 7.15. The van der Waals surface area contributed by atoms with E-state index in [1.165, 1.54) is 11.3 Å². The maximum absolute atomic E-state index is 12.0. The van der Waals surface area contributed by atoms with Gasteiger partial charge in [-0.15, -0.1) is 0 Å². The number of rotatable bonds is 3. The van der Waals surface area contributed by atoms with Crippen LogP contribution in [-0.4, -0.2) is 37.0 Å². The lowest BCUT2D eigenvalue weighted by atomic mass is 10.1. The SMILES string of the molecule is Cc1cccc(N2CCN(C(=O)CC(C)C)CC2)c1. The van der Waals surface area contributed by atoms with Crippen LogP contribution >= 0.6 is 0 Å². The van der Waals surface area contributed by atoms with E-state index in [1.807, 2.05) is 4.90 Å². The van der Waals surface area contributed by atoms with Crippen molar-refractivity contribution in [1.29, 1.82) is 0 Å². The number of nitrogens with zero attached hydrogens (tertiary/aromatic N) is 2. The summed E-state index contributed by atoms with van der Waals surface area (Å²) in [6, 6.07) is 8.58. The molecule has 0 aliphatic carbocycles. The van der Waals surface area contributed by atoms with Crippen molar-refractivity contribution in [3.63, 3.8) is 0 Å². The lowest BCUT2D eigenvalue weighted by Crippen LogP contribution is -2.49. The third kappa shape index (κ3) is 3.72. The molecule has 1 amide bonds. The van der Waals surface area contributed by atoms with E-state index in [4.69, 9.17) is 0 Å². The fourth-order valence-electron chi connectivity index (χ4n) is 2.52. The molecule has 1 fully saturated rings. The van der Waals surface area contributed by atoms with Gasteiger partial charge < -0.3 is 9.80 Å². The Morgan fingerprint density at radius 1 is 1.21 bits per heavy atom. The molecule has 19 heavy (non-hydrogen) atoms. The van der Waals surface area contributed by atoms with E-state index in [0.29, 0.717) is 18.2 Å². The first kappa shape index (κ1) is 13.9. The molecule has 0 saturated carbocycles. The van der Waals surface area contributed by atoms with Crippen LogP contribution in [0.5, 0.6) is 0 Å². The highest BCUT2D eigenvalue weighted by Crippen LogP contribution is 2.18. The van der Waals surface area contributed by atoms with Crippen LogP contribution in [0, 0.1) is 12.8 Å². The monoisotopic (exact) mass is 260 g/mol. The van der Waals surface area contributed by atoms with Crippen LogP contribution in [0.25, 0.3) is 0 Å². The molecule has 1 aliphatic rings. The van der Waals surface area contributed by atoms with Crippen molar-refractivity contribution in [3.8, 4) is 0 Å². The molecular formula is C16H24N2O. The van der Waals surface area contributed by atoms with Crippen LogP contribution in [0.4, 0.5) is 5.69 Å². The van der Waals surface area contributed by atoms with Crippen molar-refractivity contribution >= 4 is 11.6 Å². The second kappa shape index (κ2) is 6.09. The molecule has 1 heterocycles. The largest absolute Gasteiger partial charge is 0.368 e. The third-order valence-corrected chi connectivity index (χ3v) is 3.58. The van der Waals surface area contributed by atoms with Gasteiger partial charge >= 0.3 is 0 Å². The molecule has 0 unspecified atom stereocenters. The van der Waals surface area contributed by atoms with Crippen LogP contribution < -0.4 is 4.90 Å². The number of amides is 1. The summed E-state index contributed by atoms with van der Waals surface area (Å²) in [6.45, 7) is 9.88. The summed E-state index contributed by atoms with van der Waals surface area (Å²) in [4.78, 5) is 16.4. The van der Waals surface area contributed by atoms with E-state index in [9.17, 15) is 4.79 Å². The van der Waals surface area contributed by atoms with Gasteiger partial charge in [0.05, 0.1) is 0 Å². The zero-order valence-electron chi connectivity index (χ0n) is 12.2. The van der Waals surface area contributed by atoms with Crippen LogP contribution in [0.2, 0.25) is 0 Å². The smallest absolute Gasteiger partial charge is 0.222 e. The van der Waals surface area contributed by atoms with Crippen LogP contribution in [0.15, 0.2) is 24.3 Å². The Balaban J connectivity index is 1.90. The number of hydrogen-bond donors (Lipinski definition) is 0. The number of piperazine rings is 1. The van der Waals surface area contributed by atoms with Gasteiger partial charge in [0.15, 0.2) is 0 Å². The molecule has 0 N–H and O–H groups in total. The van der Waals surface area contributed by atoms with E-state index in [-0.39, 0.29) is 0 Å². The van der Waals surface area contributed by atoms with E-state index < -0.39 is 0 Å². The highest BCUT2D eigenvalue weighted by Gasteiger charge is 2.21. The van der Waals surface area contributed by atoms with Crippen LogP contribution in [0.1, 0.15) is 25.8 Å². The van der Waals surface area contributed by atoms with Crippen molar-refractivity contribution in [2.75, 3.05) is 31.1 Å². The Kier molecular flexibility index (Phi) is 4.46. The van der Waals surface area contributed by atoms with Gasteiger partial charge in [0.2, 0.25) is 5.91 Å². The minimum atomic E-state index is 0.305. The fraction of sp³-hybridized carbons (Fsp3) is 0.562. The summed E-state index contributed by atoms with van der Waals surface area (Å²) >= 11 is 0. The molecule has 0 radical (unpaired) electrons. The second-order valence-corrected chi connectivity index (χ2v) is 5.80. The standard InChI is InChI=1S/C16H24N2O/c1-13(2)11-16(19)18-9-7-17(8-10-18)15-6-4-5-14(3)12-15/h4-6,12-13H,7-11H2,1-3H3. The van der Waals surface area contributed by atoms with Gasteiger partial charge in [0.25, 0.3) is 0 Å². The molecule has 1 aromatic carbocycles. The Labute approximate surface area is 116 Å². The predicted molar refractivity (Wildman–Crippen MR) is 79.4 cm³/mol. The topological polar surface area (TPSA) is 23.6 Å². The first-order valence-electron chi connectivity index (χ1n) is 7.15. The average molecular weight is 260 g/mol. The molecule has 1 saturated heterocycles. The molecule has 3 nitrogen and oxygen atoms in total. The van der Waals surface area contributed by atoms with E-state index in [1.54, 1.807) is 0 Å². The Bertz CT molecular complexity index is 434. The Hall–Kier alpha value is -1.51. The summed E-state index contributed by atoms with van der Waals surface area (Å²) in [5.74, 6) is 0.751. The zero-order valence-corrected chi connectivity index (χ0v) is 12.2. The van der Waals surface area contributed by atoms with Crippen molar-refractivity contribution in [2.45, 2.75) is 27.2 Å². The van der Waals surface area contributed by atoms with Crippen molar-refractivity contribution in [3.05, 3.63) is 29.8 Å². The van der Waals surface area contributed by atoms with E-state index >= 15 is 0 Å². The van der Waals surface area contributed by atoms with Gasteiger partial charge in [-0.05, 0) is 30.5 Å². The number of carbonyl (C=O) groups is 1. The molecule has 0 aromatic heterocycles. The molecule has 0 bridgehead atoms. The normalized spacial score (nSPS) is 16.0. The van der Waals surface area contributed by atoms with Crippen LogP contribution in [-0.2, 0) is 4.79 Å². The first-order chi connectivity index (χ1) is 9.06. The predicted octanol–water partition coefficient (Wildman–Crippen LogP) is 2.69. The minimum Gasteiger partial charge on any atom is -0.368 e. The van der Waals surface area contributed by atoms with Gasteiger partial charge in [0, 0.05) is 38.3 Å². The van der Waals surface area contributed by atoms with Crippen molar-refractivity contribution in [1.82, 2.24) is 4.90 Å². The summed E-state index contributed by atoms with van der Waals surface area (Å²) in [5, 5.41) is 0. The Morgan fingerprint density at radius 3 is 2.47 bits per heavy atom. The summed E-state index contributed by atoms with van der Waals surface area (Å²) in [5.41, 5.74) is 2.56. The molecule has 104 valence electrons. The fourth-order valence-corrected chi connectivity index (χ4v) is 2.52. The Morgan fingerprint density at radius 2 is 1.89 bits per heavy atom. The number of benzene rings is 1. The van der Waals surface area contributed by atoms with Crippen molar-refractivity contribution < 1.29 is 4.79 Å². The highest BCUT2D eigenvalue weighted by atomic mass is 16.2. The summed E-state index contributed by atoms with van der Waals surface area (Å²) in [7, 11) is 0. The molecule has 1 aromatic rings. The van der Waals surface area contributed by atoms with E-state index in [2.05, 4.69) is 49.9 Å². The minimum absolute atomic E-state index is 0.305. The lowest BCUT2D eigenvalue weighted by Gasteiger charge is -2.36.